The summed E-state index contributed by atoms with van der Waals surface area (Å²) in [5, 5.41) is 14.2. The monoisotopic (exact) mass is 518 g/mol. The fourth-order valence-corrected chi connectivity index (χ4v) is 4.83. The Hall–Kier alpha value is -3.36. The molecule has 1 N–H and O–H groups in total. The maximum atomic E-state index is 13.1. The van der Waals surface area contributed by atoms with E-state index < -0.39 is 10.8 Å². The largest absolute Gasteiger partial charge is 0.325 e. The minimum atomic E-state index is -0.750. The maximum absolute atomic E-state index is 13.1. The first-order chi connectivity index (χ1) is 16.5. The Labute approximate surface area is 205 Å². The van der Waals surface area contributed by atoms with Gasteiger partial charge in [-0.2, -0.15) is 0 Å². The summed E-state index contributed by atoms with van der Waals surface area (Å²) in [6, 6.07) is 20.1. The van der Waals surface area contributed by atoms with Gasteiger partial charge in [-0.15, -0.1) is 0 Å². The fraction of sp³-hybridized carbons (Fsp3) is 0.231. The third-order valence-electron chi connectivity index (χ3n) is 6.28. The summed E-state index contributed by atoms with van der Waals surface area (Å²) in [5.74, 6) is -0.997. The van der Waals surface area contributed by atoms with Gasteiger partial charge >= 0.3 is 0 Å². The molecule has 1 fully saturated rings. The van der Waals surface area contributed by atoms with Crippen molar-refractivity contribution in [3.05, 3.63) is 98.0 Å². The SMILES string of the molecule is O=C1Nc2ccc([N+](=O)[O-])cc2C1C(=Nc1ccc(CN2CCCC2)cc1)c1ccc(Br)cc1. The van der Waals surface area contributed by atoms with Crippen molar-refractivity contribution in [3.8, 4) is 0 Å². The number of nitro groups is 1. The van der Waals surface area contributed by atoms with Crippen LogP contribution in [-0.4, -0.2) is 34.5 Å². The van der Waals surface area contributed by atoms with Gasteiger partial charge in [0.15, 0.2) is 0 Å². The van der Waals surface area contributed by atoms with Gasteiger partial charge in [0, 0.05) is 34.4 Å². The van der Waals surface area contributed by atoms with Crippen molar-refractivity contribution < 1.29 is 9.72 Å². The molecular weight excluding hydrogens is 496 g/mol. The van der Waals surface area contributed by atoms with E-state index in [-0.39, 0.29) is 11.6 Å². The fourth-order valence-electron chi connectivity index (χ4n) is 4.56. The van der Waals surface area contributed by atoms with Crippen LogP contribution in [0.4, 0.5) is 17.1 Å². The van der Waals surface area contributed by atoms with Crippen LogP contribution in [0.1, 0.15) is 35.4 Å². The smallest absolute Gasteiger partial charge is 0.269 e. The third kappa shape index (κ3) is 4.64. The van der Waals surface area contributed by atoms with Crippen LogP contribution in [0, 0.1) is 10.1 Å². The normalized spacial score (nSPS) is 18.1. The van der Waals surface area contributed by atoms with Crippen LogP contribution in [0.5, 0.6) is 0 Å². The lowest BCUT2D eigenvalue weighted by Crippen LogP contribution is -2.22. The summed E-state index contributed by atoms with van der Waals surface area (Å²) in [4.78, 5) is 31.3. The molecule has 0 bridgehead atoms. The number of carbonyl (C=O) groups is 1. The lowest BCUT2D eigenvalue weighted by molar-refractivity contribution is -0.384. The Morgan fingerprint density at radius 1 is 1.06 bits per heavy atom. The number of likely N-dealkylation sites (tertiary alicyclic amines) is 1. The molecule has 0 saturated carbocycles. The second kappa shape index (κ2) is 9.48. The highest BCUT2D eigenvalue weighted by atomic mass is 79.9. The minimum absolute atomic E-state index is 0.0540. The van der Waals surface area contributed by atoms with E-state index in [1.54, 1.807) is 6.07 Å². The van der Waals surface area contributed by atoms with Crippen molar-refractivity contribution in [1.29, 1.82) is 0 Å². The number of nitro benzene ring substituents is 1. The number of carbonyl (C=O) groups excluding carboxylic acids is 1. The Balaban J connectivity index is 1.54. The number of anilines is 1. The zero-order valence-corrected chi connectivity index (χ0v) is 20.0. The number of amides is 1. The molecule has 8 heteroatoms. The molecule has 3 aromatic rings. The second-order valence-corrected chi connectivity index (χ2v) is 9.52. The van der Waals surface area contributed by atoms with Gasteiger partial charge in [-0.25, -0.2) is 0 Å². The number of aliphatic imine (C=N–C) groups is 1. The lowest BCUT2D eigenvalue weighted by atomic mass is 9.90. The Bertz CT molecular complexity index is 1270. The van der Waals surface area contributed by atoms with E-state index in [9.17, 15) is 14.9 Å². The van der Waals surface area contributed by atoms with Crippen molar-refractivity contribution in [2.45, 2.75) is 25.3 Å². The molecule has 2 aliphatic heterocycles. The number of nitrogens with zero attached hydrogens (tertiary/aromatic N) is 3. The molecular formula is C26H23BrN4O3. The van der Waals surface area contributed by atoms with Gasteiger partial charge in [0.1, 0.15) is 5.92 Å². The van der Waals surface area contributed by atoms with E-state index in [1.165, 1.54) is 30.5 Å². The third-order valence-corrected chi connectivity index (χ3v) is 6.81. The summed E-state index contributed by atoms with van der Waals surface area (Å²) in [7, 11) is 0. The Morgan fingerprint density at radius 2 is 1.76 bits per heavy atom. The Morgan fingerprint density at radius 3 is 2.44 bits per heavy atom. The van der Waals surface area contributed by atoms with Gasteiger partial charge in [-0.05, 0) is 67.4 Å². The summed E-state index contributed by atoms with van der Waals surface area (Å²) in [6.45, 7) is 3.19. The second-order valence-electron chi connectivity index (χ2n) is 8.60. The highest BCUT2D eigenvalue weighted by Crippen LogP contribution is 2.38. The van der Waals surface area contributed by atoms with Crippen LogP contribution >= 0.6 is 15.9 Å². The molecule has 0 aromatic heterocycles. The molecule has 7 nitrogen and oxygen atoms in total. The van der Waals surface area contributed by atoms with Crippen LogP contribution < -0.4 is 5.32 Å². The van der Waals surface area contributed by atoms with Gasteiger partial charge in [0.2, 0.25) is 5.91 Å². The molecule has 172 valence electrons. The molecule has 1 saturated heterocycles. The predicted octanol–water partition coefficient (Wildman–Crippen LogP) is 5.81. The number of hydrogen-bond acceptors (Lipinski definition) is 5. The van der Waals surface area contributed by atoms with Crippen molar-refractivity contribution in [3.63, 3.8) is 0 Å². The molecule has 1 unspecified atom stereocenters. The van der Waals surface area contributed by atoms with Gasteiger partial charge in [-0.3, -0.25) is 24.8 Å². The van der Waals surface area contributed by atoms with Crippen LogP contribution in [0.2, 0.25) is 0 Å². The van der Waals surface area contributed by atoms with Crippen molar-refractivity contribution >= 4 is 44.6 Å². The number of rotatable bonds is 6. The van der Waals surface area contributed by atoms with Gasteiger partial charge in [0.05, 0.1) is 16.3 Å². The predicted molar refractivity (Wildman–Crippen MR) is 136 cm³/mol. The summed E-state index contributed by atoms with van der Waals surface area (Å²) >= 11 is 3.45. The number of halogens is 1. The van der Waals surface area contributed by atoms with Crippen molar-refractivity contribution in [1.82, 2.24) is 4.90 Å². The molecule has 3 aromatic carbocycles. The van der Waals surface area contributed by atoms with E-state index in [2.05, 4.69) is 38.3 Å². The minimum Gasteiger partial charge on any atom is -0.325 e. The number of fused-ring (bicyclic) bond motifs is 1. The number of non-ortho nitro benzene ring substituents is 1. The standard InChI is InChI=1S/C26H23BrN4O3/c27-19-7-5-18(6-8-19)25(24-22-15-21(31(33)34)11-12-23(22)29-26(24)32)28-20-9-3-17(4-10-20)16-30-13-1-2-14-30/h3-12,15,24H,1-2,13-14,16H2,(H,29,32). The first-order valence-electron chi connectivity index (χ1n) is 11.2. The summed E-state index contributed by atoms with van der Waals surface area (Å²) < 4.78 is 0.911. The molecule has 0 spiro atoms. The first kappa shape index (κ1) is 22.4. The molecule has 0 aliphatic carbocycles. The molecule has 2 aliphatic rings. The highest BCUT2D eigenvalue weighted by Gasteiger charge is 2.36. The molecule has 34 heavy (non-hydrogen) atoms. The summed E-state index contributed by atoms with van der Waals surface area (Å²) in [6.07, 6.45) is 2.50. The zero-order valence-electron chi connectivity index (χ0n) is 18.4. The maximum Gasteiger partial charge on any atom is 0.269 e. The van der Waals surface area contributed by atoms with Crippen LogP contribution in [0.15, 0.2) is 76.2 Å². The molecule has 1 atom stereocenters. The van der Waals surface area contributed by atoms with E-state index in [1.807, 2.05) is 36.4 Å². The average Bonchev–Trinajstić information content (AvgIpc) is 3.45. The molecule has 0 radical (unpaired) electrons. The van der Waals surface area contributed by atoms with Gasteiger partial charge in [-0.1, -0.05) is 40.2 Å². The molecule has 1 amide bonds. The highest BCUT2D eigenvalue weighted by molar-refractivity contribution is 9.10. The first-order valence-corrected chi connectivity index (χ1v) is 12.0. The van der Waals surface area contributed by atoms with E-state index >= 15 is 0 Å². The van der Waals surface area contributed by atoms with E-state index in [0.717, 1.165) is 35.4 Å². The molecule has 2 heterocycles. The number of benzene rings is 3. The van der Waals surface area contributed by atoms with Crippen LogP contribution in [-0.2, 0) is 11.3 Å². The van der Waals surface area contributed by atoms with E-state index in [4.69, 9.17) is 4.99 Å². The lowest BCUT2D eigenvalue weighted by Gasteiger charge is -2.15. The average molecular weight is 519 g/mol. The van der Waals surface area contributed by atoms with Gasteiger partial charge < -0.3 is 5.32 Å². The topological polar surface area (TPSA) is 87.8 Å². The quantitative estimate of drug-likeness (QED) is 0.253. The van der Waals surface area contributed by atoms with Crippen molar-refractivity contribution in [2.24, 2.45) is 4.99 Å². The van der Waals surface area contributed by atoms with Crippen molar-refractivity contribution in [2.75, 3.05) is 18.4 Å². The van der Waals surface area contributed by atoms with Crippen LogP contribution in [0.25, 0.3) is 0 Å². The number of nitrogens with one attached hydrogen (secondary N) is 1. The molecule has 5 rings (SSSR count). The zero-order chi connectivity index (χ0) is 23.7. The van der Waals surface area contributed by atoms with Crippen LogP contribution in [0.3, 0.4) is 0 Å². The Kier molecular flexibility index (Phi) is 6.26. The van der Waals surface area contributed by atoms with Gasteiger partial charge in [0.25, 0.3) is 5.69 Å². The number of hydrogen-bond donors (Lipinski definition) is 1. The summed E-state index contributed by atoms with van der Waals surface area (Å²) in [5.41, 5.74) is 4.38. The van der Waals surface area contributed by atoms with E-state index in [0.29, 0.717) is 17.0 Å².